The fourth-order valence-electron chi connectivity index (χ4n) is 11.3. The summed E-state index contributed by atoms with van der Waals surface area (Å²) >= 11 is 0. The molecule has 8 rings (SSSR count). The molecule has 8 aromatic rings. The summed E-state index contributed by atoms with van der Waals surface area (Å²) in [7, 11) is 13.1. The topological polar surface area (TPSA) is 449 Å². The standard InChI is InChI=1S/2C17H18N2O2.C14H14N2O2.C13H19N3O4.2C10H20N2O2.C9H13NO2.2C5H12O2/c2*1-12(20)18-16-7-3-14(4-8-16)11-15-5-9-17(10-6-15)19-13(2)21;1-9(17)15-13-7-3-6-12-11(13)5-4-8-14(12)16-10(2)18;1-19-8-6-14-12(17)10-4-3-5-11(16-10)13(18)15-7-9-20-2;2*1-9(13)11-7-5-3-4-6-8-12-10(2)14;1-11-6-8-4-3-5-9(10-8)7-12-2;2*1-5(7-3)4-6-2/h2*3-10H,11H2,1-2H3,(H,18,20)(H,19,21);3-8H,1-2H3,(H,15,17)(H,16,18);3-5H,6-9H2,1-2H3,(H,14,17)(H,15,18);2*3-8H2,1-2H3,(H,11,13)(H,12,14);3-5H,6-7H2,1-2H3;2*5H,4H2,1-3H3. The Labute approximate surface area is 791 Å². The number of rotatable bonds is 42. The van der Waals surface area contributed by atoms with Gasteiger partial charge in [0.2, 0.25) is 59.1 Å². The number of hydrogen-bond acceptors (Lipinski definition) is 22. The Morgan fingerprint density at radius 3 is 0.754 bits per heavy atom. The number of aromatic nitrogens is 2. The van der Waals surface area contributed by atoms with Gasteiger partial charge in [-0.25, -0.2) is 4.98 Å². The van der Waals surface area contributed by atoms with Crippen LogP contribution in [0.25, 0.3) is 10.8 Å². The molecular weight excluding hydrogens is 1720 g/mol. The van der Waals surface area contributed by atoms with Gasteiger partial charge in [0.1, 0.15) is 11.4 Å². The van der Waals surface area contributed by atoms with E-state index in [-0.39, 0.29) is 94.5 Å². The number of nitrogens with zero attached hydrogens (tertiary/aromatic N) is 2. The van der Waals surface area contributed by atoms with Gasteiger partial charge in [-0.05, 0) is 160 Å². The Morgan fingerprint density at radius 2 is 0.530 bits per heavy atom. The van der Waals surface area contributed by atoms with Crippen LogP contribution in [0.5, 0.6) is 0 Å². The van der Waals surface area contributed by atoms with Crippen molar-refractivity contribution in [1.29, 1.82) is 0 Å². The molecule has 0 radical (unpaired) electrons. The number of amides is 12. The van der Waals surface area contributed by atoms with Crippen LogP contribution in [0.15, 0.2) is 170 Å². The third kappa shape index (κ3) is 65.7. The van der Waals surface area contributed by atoms with Crippen molar-refractivity contribution in [2.75, 3.05) is 154 Å². The monoisotopic (exact) mass is 1860 g/mol. The van der Waals surface area contributed by atoms with Gasteiger partial charge in [-0.3, -0.25) is 62.5 Å². The fourth-order valence-corrected chi connectivity index (χ4v) is 11.3. The van der Waals surface area contributed by atoms with Crippen molar-refractivity contribution < 1.29 is 95.4 Å². The minimum absolute atomic E-state index is 0.0308. The smallest absolute Gasteiger partial charge is 0.269 e. The number of pyridine rings is 2. The molecule has 2 aromatic heterocycles. The lowest BCUT2D eigenvalue weighted by atomic mass is 10.0. The Bertz CT molecular complexity index is 4240. The average Bonchev–Trinajstić information content (AvgIpc) is 0.801. The van der Waals surface area contributed by atoms with Gasteiger partial charge in [-0.2, -0.15) is 0 Å². The molecule has 12 N–H and O–H groups in total. The van der Waals surface area contributed by atoms with Crippen LogP contribution in [0.1, 0.15) is 189 Å². The summed E-state index contributed by atoms with van der Waals surface area (Å²) in [5.41, 5.74) is 11.6. The number of ether oxygens (including phenoxy) is 8. The van der Waals surface area contributed by atoms with Crippen LogP contribution in [-0.4, -0.2) is 216 Å². The maximum Gasteiger partial charge on any atom is 0.269 e. The van der Waals surface area contributed by atoms with E-state index < -0.39 is 0 Å². The number of nitrogens with one attached hydrogen (secondary N) is 12. The highest BCUT2D eigenvalue weighted by Crippen LogP contribution is 2.29. The van der Waals surface area contributed by atoms with Gasteiger partial charge in [0, 0.05) is 210 Å². The summed E-state index contributed by atoms with van der Waals surface area (Å²) in [4.78, 5) is 140. The maximum atomic E-state index is 11.8. The molecule has 2 unspecified atom stereocenters. The lowest BCUT2D eigenvalue weighted by molar-refractivity contribution is -0.119. The van der Waals surface area contributed by atoms with Crippen LogP contribution >= 0.6 is 0 Å². The van der Waals surface area contributed by atoms with Crippen molar-refractivity contribution in [2.24, 2.45) is 0 Å². The quantitative estimate of drug-likeness (QED) is 0.0158. The Kier molecular flexibility index (Phi) is 69.4. The third-order valence-corrected chi connectivity index (χ3v) is 17.6. The molecule has 34 heteroatoms. The molecule has 0 spiro atoms. The molecule has 6 aromatic carbocycles. The van der Waals surface area contributed by atoms with Crippen LogP contribution in [0.3, 0.4) is 0 Å². The summed E-state index contributed by atoms with van der Waals surface area (Å²) in [6.07, 6.45) is 10.5. The predicted molar refractivity (Wildman–Crippen MR) is 528 cm³/mol. The molecule has 2 atom stereocenters. The van der Waals surface area contributed by atoms with E-state index in [9.17, 15) is 57.5 Å². The summed E-state index contributed by atoms with van der Waals surface area (Å²) in [6, 6.07) is 52.8. The normalized spacial score (nSPS) is 10.4. The largest absolute Gasteiger partial charge is 0.383 e. The molecule has 34 nitrogen and oxygen atoms in total. The first-order chi connectivity index (χ1) is 64.0. The number of benzene rings is 6. The molecule has 134 heavy (non-hydrogen) atoms. The Hall–Kier alpha value is -12.8. The lowest BCUT2D eigenvalue weighted by Gasteiger charge is -2.10. The van der Waals surface area contributed by atoms with Crippen LogP contribution in [-0.2, 0) is 112 Å². The van der Waals surface area contributed by atoms with E-state index in [1.54, 1.807) is 75.1 Å². The van der Waals surface area contributed by atoms with Crippen molar-refractivity contribution in [3.63, 3.8) is 0 Å². The lowest BCUT2D eigenvalue weighted by Crippen LogP contribution is -2.30. The fraction of sp³-hybridized carbons (Fsp3) is 0.440. The van der Waals surface area contributed by atoms with Crippen molar-refractivity contribution >= 4 is 116 Å². The number of carbonyl (C=O) groups excluding carboxylic acids is 12. The Balaban J connectivity index is 0.00000151. The summed E-state index contributed by atoms with van der Waals surface area (Å²) in [5.74, 6) is -1.08. The number of fused-ring (bicyclic) bond motifs is 1. The van der Waals surface area contributed by atoms with E-state index in [2.05, 4.69) is 73.8 Å². The van der Waals surface area contributed by atoms with Crippen LogP contribution in [0.4, 0.5) is 34.1 Å². The van der Waals surface area contributed by atoms with Crippen LogP contribution in [0.2, 0.25) is 0 Å². The first-order valence-electron chi connectivity index (χ1n) is 44.0. The summed E-state index contributed by atoms with van der Waals surface area (Å²) in [5, 5.41) is 34.6. The van der Waals surface area contributed by atoms with Crippen molar-refractivity contribution in [2.45, 2.75) is 173 Å². The van der Waals surface area contributed by atoms with Gasteiger partial charge in [0.15, 0.2) is 0 Å². The minimum atomic E-state index is -0.339. The second-order valence-electron chi connectivity index (χ2n) is 30.1. The molecule has 12 amide bonds. The van der Waals surface area contributed by atoms with Crippen molar-refractivity contribution in [1.82, 2.24) is 41.9 Å². The van der Waals surface area contributed by atoms with Gasteiger partial charge in [0.05, 0.1) is 63.2 Å². The molecule has 0 aliphatic heterocycles. The van der Waals surface area contributed by atoms with E-state index >= 15 is 0 Å². The zero-order valence-electron chi connectivity index (χ0n) is 81.9. The molecule has 0 aliphatic rings. The average molecular weight is 1860 g/mol. The highest BCUT2D eigenvalue weighted by molar-refractivity contribution is 6.08. The van der Waals surface area contributed by atoms with Crippen LogP contribution < -0.4 is 63.8 Å². The van der Waals surface area contributed by atoms with E-state index in [1.807, 2.05) is 166 Å². The zero-order chi connectivity index (χ0) is 100. The number of carbonyl (C=O) groups is 12. The van der Waals surface area contributed by atoms with E-state index in [1.165, 1.54) is 69.2 Å². The molecule has 0 saturated heterocycles. The van der Waals surface area contributed by atoms with Crippen molar-refractivity contribution in [3.8, 4) is 0 Å². The highest BCUT2D eigenvalue weighted by Gasteiger charge is 2.14. The second kappa shape index (κ2) is 76.7. The number of unbranched alkanes of at least 4 members (excludes halogenated alkanes) is 6. The predicted octanol–water partition coefficient (Wildman–Crippen LogP) is 13.3. The third-order valence-electron chi connectivity index (χ3n) is 17.6. The number of hydrogen-bond donors (Lipinski definition) is 12. The maximum absolute atomic E-state index is 11.8. The van der Waals surface area contributed by atoms with E-state index in [0.717, 1.165) is 169 Å². The summed E-state index contributed by atoms with van der Waals surface area (Å²) < 4.78 is 38.9. The summed E-state index contributed by atoms with van der Waals surface area (Å²) in [6.45, 7) is 26.0. The van der Waals surface area contributed by atoms with Gasteiger partial charge >= 0.3 is 0 Å². The van der Waals surface area contributed by atoms with Gasteiger partial charge in [-0.15, -0.1) is 0 Å². The molecule has 0 aliphatic carbocycles. The Morgan fingerprint density at radius 1 is 0.269 bits per heavy atom. The van der Waals surface area contributed by atoms with E-state index in [0.29, 0.717) is 52.7 Å². The molecule has 736 valence electrons. The van der Waals surface area contributed by atoms with Gasteiger partial charge in [0.25, 0.3) is 11.8 Å². The second-order valence-corrected chi connectivity index (χ2v) is 30.1. The SMILES string of the molecule is CC(=O)NCCCCCCNC(C)=O.CC(=O)NCCCCCCNC(C)=O.CC(=O)Nc1ccc(Cc2ccc(NC(C)=O)cc2)cc1.CC(=O)Nc1ccc(Cc2ccc(NC(C)=O)cc2)cc1.CC(=O)Nc1cccc2c(NC(C)=O)cccc12.COCC(C)OC.COCC(C)OC.COCCNC(=O)c1cccc(C(=O)NCCOC)n1.COCc1cccc(COC)n1. The molecule has 0 bridgehead atoms. The number of anilines is 6. The van der Waals surface area contributed by atoms with Crippen LogP contribution in [0, 0.1) is 0 Å². The first kappa shape index (κ1) is 121. The van der Waals surface area contributed by atoms with Gasteiger partial charge in [-0.1, -0.05) is 111 Å². The molecule has 0 saturated carbocycles. The first-order valence-corrected chi connectivity index (χ1v) is 44.0. The molecule has 0 fully saturated rings. The van der Waals surface area contributed by atoms with Crippen molar-refractivity contribution in [3.05, 3.63) is 215 Å². The van der Waals surface area contributed by atoms with E-state index in [4.69, 9.17) is 37.9 Å². The highest BCUT2D eigenvalue weighted by atomic mass is 16.5. The molecule has 2 heterocycles. The van der Waals surface area contributed by atoms with Gasteiger partial charge < -0.3 is 102 Å². The zero-order valence-corrected chi connectivity index (χ0v) is 81.9. The number of methoxy groups -OCH3 is 8. The molecular formula is C100H146N14O20. The minimum Gasteiger partial charge on any atom is -0.383 e.